The first-order valence-corrected chi connectivity index (χ1v) is 6.12. The standard InChI is InChI=1S/C13H15F3N2O3/c1-7(19)5-6-18(2)13(21)12(20)17-9-4-3-8(14)10(15)11(9)16/h3-4,7,19H,5-6H2,1-2H3,(H,17,20). The van der Waals surface area contributed by atoms with Gasteiger partial charge in [-0.05, 0) is 25.5 Å². The number of carbonyl (C=O) groups is 2. The van der Waals surface area contributed by atoms with Crippen LogP contribution in [0.2, 0.25) is 0 Å². The number of hydrogen-bond acceptors (Lipinski definition) is 3. The number of carbonyl (C=O) groups excluding carboxylic acids is 2. The van der Waals surface area contributed by atoms with Crippen LogP contribution in [0.25, 0.3) is 0 Å². The van der Waals surface area contributed by atoms with E-state index in [4.69, 9.17) is 5.11 Å². The summed E-state index contributed by atoms with van der Waals surface area (Å²) in [6.07, 6.45) is -0.387. The normalized spacial score (nSPS) is 11.9. The number of nitrogens with zero attached hydrogens (tertiary/aromatic N) is 1. The molecule has 0 heterocycles. The zero-order valence-electron chi connectivity index (χ0n) is 11.5. The molecule has 1 aromatic carbocycles. The molecule has 0 aromatic heterocycles. The number of anilines is 1. The molecule has 21 heavy (non-hydrogen) atoms. The SMILES string of the molecule is CC(O)CCN(C)C(=O)C(=O)Nc1ccc(F)c(F)c1F. The molecule has 1 unspecified atom stereocenters. The average molecular weight is 304 g/mol. The Morgan fingerprint density at radius 3 is 2.48 bits per heavy atom. The van der Waals surface area contributed by atoms with Gasteiger partial charge in [0.05, 0.1) is 11.8 Å². The van der Waals surface area contributed by atoms with Crippen molar-refractivity contribution in [3.8, 4) is 0 Å². The number of aliphatic hydroxyl groups excluding tert-OH is 1. The maximum atomic E-state index is 13.4. The van der Waals surface area contributed by atoms with Crippen molar-refractivity contribution in [2.24, 2.45) is 0 Å². The molecule has 0 aliphatic carbocycles. The minimum atomic E-state index is -1.73. The summed E-state index contributed by atoms with van der Waals surface area (Å²) in [5.74, 6) is -6.89. The maximum Gasteiger partial charge on any atom is 0.313 e. The van der Waals surface area contributed by atoms with Crippen molar-refractivity contribution in [2.45, 2.75) is 19.4 Å². The molecular weight excluding hydrogens is 289 g/mol. The van der Waals surface area contributed by atoms with Crippen LogP contribution < -0.4 is 5.32 Å². The molecule has 0 fully saturated rings. The lowest BCUT2D eigenvalue weighted by atomic mass is 10.2. The fraction of sp³-hybridized carbons (Fsp3) is 0.385. The third kappa shape index (κ3) is 4.45. The van der Waals surface area contributed by atoms with Crippen molar-refractivity contribution in [3.05, 3.63) is 29.6 Å². The second-order valence-corrected chi connectivity index (χ2v) is 4.54. The van der Waals surface area contributed by atoms with Crippen LogP contribution in [0.3, 0.4) is 0 Å². The van der Waals surface area contributed by atoms with Crippen LogP contribution in [-0.4, -0.2) is 41.5 Å². The lowest BCUT2D eigenvalue weighted by molar-refractivity contribution is -0.142. The summed E-state index contributed by atoms with van der Waals surface area (Å²) in [6.45, 7) is 1.64. The van der Waals surface area contributed by atoms with Crippen molar-refractivity contribution >= 4 is 17.5 Å². The van der Waals surface area contributed by atoms with E-state index in [0.717, 1.165) is 11.0 Å². The molecule has 0 saturated carbocycles. The number of benzene rings is 1. The Labute approximate surface area is 119 Å². The number of nitrogens with one attached hydrogen (secondary N) is 1. The highest BCUT2D eigenvalue weighted by Gasteiger charge is 2.22. The molecule has 0 aliphatic heterocycles. The first-order chi connectivity index (χ1) is 9.73. The lowest BCUT2D eigenvalue weighted by Gasteiger charge is -2.17. The van der Waals surface area contributed by atoms with Gasteiger partial charge in [0.15, 0.2) is 17.5 Å². The monoisotopic (exact) mass is 304 g/mol. The first kappa shape index (κ1) is 17.0. The van der Waals surface area contributed by atoms with Crippen molar-refractivity contribution < 1.29 is 27.9 Å². The summed E-state index contributed by atoms with van der Waals surface area (Å²) in [6, 6.07) is 1.45. The van der Waals surface area contributed by atoms with E-state index in [1.54, 1.807) is 0 Å². The van der Waals surface area contributed by atoms with Crippen LogP contribution in [0, 0.1) is 17.5 Å². The van der Waals surface area contributed by atoms with E-state index in [2.05, 4.69) is 0 Å². The minimum Gasteiger partial charge on any atom is -0.393 e. The van der Waals surface area contributed by atoms with Gasteiger partial charge < -0.3 is 15.3 Å². The van der Waals surface area contributed by atoms with Gasteiger partial charge in [0.2, 0.25) is 0 Å². The van der Waals surface area contributed by atoms with Gasteiger partial charge in [0.25, 0.3) is 0 Å². The average Bonchev–Trinajstić information content (AvgIpc) is 2.44. The predicted molar refractivity (Wildman–Crippen MR) is 68.9 cm³/mol. The lowest BCUT2D eigenvalue weighted by Crippen LogP contribution is -2.38. The van der Waals surface area contributed by atoms with E-state index in [1.807, 2.05) is 5.32 Å². The Morgan fingerprint density at radius 1 is 1.29 bits per heavy atom. The van der Waals surface area contributed by atoms with Crippen LogP contribution >= 0.6 is 0 Å². The van der Waals surface area contributed by atoms with Gasteiger partial charge in [-0.2, -0.15) is 0 Å². The molecule has 1 atom stereocenters. The highest BCUT2D eigenvalue weighted by Crippen LogP contribution is 2.19. The molecular formula is C13H15F3N2O3. The van der Waals surface area contributed by atoms with Crippen molar-refractivity contribution in [1.82, 2.24) is 4.90 Å². The number of aliphatic hydroxyl groups is 1. The Bertz CT molecular complexity index is 550. The zero-order valence-corrected chi connectivity index (χ0v) is 11.5. The molecule has 0 aliphatic rings. The van der Waals surface area contributed by atoms with Crippen LogP contribution in [0.4, 0.5) is 18.9 Å². The highest BCUT2D eigenvalue weighted by molar-refractivity contribution is 6.39. The fourth-order valence-electron chi connectivity index (χ4n) is 1.45. The molecule has 1 rings (SSSR count). The van der Waals surface area contributed by atoms with E-state index in [0.29, 0.717) is 6.07 Å². The van der Waals surface area contributed by atoms with Gasteiger partial charge in [-0.1, -0.05) is 0 Å². The number of halogens is 3. The van der Waals surface area contributed by atoms with Gasteiger partial charge in [0, 0.05) is 13.6 Å². The highest BCUT2D eigenvalue weighted by atomic mass is 19.2. The first-order valence-electron chi connectivity index (χ1n) is 6.12. The Morgan fingerprint density at radius 2 is 1.90 bits per heavy atom. The van der Waals surface area contributed by atoms with E-state index >= 15 is 0 Å². The molecule has 1 aromatic rings. The zero-order chi connectivity index (χ0) is 16.2. The topological polar surface area (TPSA) is 69.6 Å². The maximum absolute atomic E-state index is 13.4. The minimum absolute atomic E-state index is 0.115. The summed E-state index contributed by atoms with van der Waals surface area (Å²) in [4.78, 5) is 24.3. The summed E-state index contributed by atoms with van der Waals surface area (Å²) in [5.41, 5.74) is -0.629. The molecule has 116 valence electrons. The smallest absolute Gasteiger partial charge is 0.313 e. The van der Waals surface area contributed by atoms with Gasteiger partial charge in [-0.3, -0.25) is 9.59 Å². The van der Waals surface area contributed by atoms with Gasteiger partial charge in [0.1, 0.15) is 0 Å². The quantitative estimate of drug-likeness (QED) is 0.650. The summed E-state index contributed by atoms with van der Waals surface area (Å²) < 4.78 is 39.1. The van der Waals surface area contributed by atoms with Crippen LogP contribution in [0.15, 0.2) is 12.1 Å². The van der Waals surface area contributed by atoms with Crippen molar-refractivity contribution in [2.75, 3.05) is 18.9 Å². The molecule has 0 spiro atoms. The third-order valence-corrected chi connectivity index (χ3v) is 2.71. The predicted octanol–water partition coefficient (Wildman–Crippen LogP) is 1.27. The van der Waals surface area contributed by atoms with Crippen molar-refractivity contribution in [1.29, 1.82) is 0 Å². The Kier molecular flexibility index (Phi) is 5.71. The number of hydrogen-bond donors (Lipinski definition) is 2. The van der Waals surface area contributed by atoms with Gasteiger partial charge in [-0.15, -0.1) is 0 Å². The van der Waals surface area contributed by atoms with Crippen LogP contribution in [0.5, 0.6) is 0 Å². The van der Waals surface area contributed by atoms with E-state index in [9.17, 15) is 22.8 Å². The molecule has 2 N–H and O–H groups in total. The van der Waals surface area contributed by atoms with Crippen LogP contribution in [-0.2, 0) is 9.59 Å². The molecule has 5 nitrogen and oxygen atoms in total. The molecule has 0 saturated heterocycles. The second kappa shape index (κ2) is 7.07. The molecule has 8 heteroatoms. The largest absolute Gasteiger partial charge is 0.393 e. The van der Waals surface area contributed by atoms with E-state index in [1.165, 1.54) is 14.0 Å². The van der Waals surface area contributed by atoms with Crippen molar-refractivity contribution in [3.63, 3.8) is 0 Å². The van der Waals surface area contributed by atoms with Gasteiger partial charge in [-0.25, -0.2) is 13.2 Å². The van der Waals surface area contributed by atoms with Crippen LogP contribution in [0.1, 0.15) is 13.3 Å². The molecule has 0 radical (unpaired) electrons. The number of rotatable bonds is 4. The number of likely N-dealkylation sites (N-methyl/N-ethyl adjacent to an activating group) is 1. The Hall–Kier alpha value is -2.09. The molecule has 2 amide bonds. The van der Waals surface area contributed by atoms with Gasteiger partial charge >= 0.3 is 11.8 Å². The van der Waals surface area contributed by atoms with E-state index in [-0.39, 0.29) is 13.0 Å². The third-order valence-electron chi connectivity index (χ3n) is 2.71. The summed E-state index contributed by atoms with van der Waals surface area (Å²) in [5, 5.41) is 11.0. The van der Waals surface area contributed by atoms with E-state index < -0.39 is 41.1 Å². The molecule has 0 bridgehead atoms. The summed E-state index contributed by atoms with van der Waals surface area (Å²) >= 11 is 0. The fourth-order valence-corrected chi connectivity index (χ4v) is 1.45. The Balaban J connectivity index is 2.73. The number of amides is 2. The summed E-state index contributed by atoms with van der Waals surface area (Å²) in [7, 11) is 1.33. The second-order valence-electron chi connectivity index (χ2n) is 4.54.